The molecule has 104 valence electrons. The zero-order valence-electron chi connectivity index (χ0n) is 11.8. The first kappa shape index (κ1) is 12.8. The third-order valence-corrected chi connectivity index (χ3v) is 3.57. The zero-order valence-corrected chi connectivity index (χ0v) is 11.8. The van der Waals surface area contributed by atoms with Gasteiger partial charge in [0.2, 0.25) is 0 Å². The van der Waals surface area contributed by atoms with E-state index in [2.05, 4.69) is 27.3 Å². The number of fused-ring (bicyclic) bond motifs is 1. The highest BCUT2D eigenvalue weighted by Gasteiger charge is 2.21. The van der Waals surface area contributed by atoms with Gasteiger partial charge < -0.3 is 15.0 Å². The number of benzene rings is 1. The summed E-state index contributed by atoms with van der Waals surface area (Å²) in [6.45, 7) is 0.742. The maximum absolute atomic E-state index is 5.70. The van der Waals surface area contributed by atoms with Gasteiger partial charge >= 0.3 is 0 Å². The first-order valence-corrected chi connectivity index (χ1v) is 6.85. The van der Waals surface area contributed by atoms with Crippen LogP contribution in [0.4, 0.5) is 11.4 Å². The minimum Gasteiger partial charge on any atom is -0.493 e. The van der Waals surface area contributed by atoms with Gasteiger partial charge in [-0.05, 0) is 12.1 Å². The maximum atomic E-state index is 5.70. The molecular weight excluding hydrogens is 250 g/mol. The summed E-state index contributed by atoms with van der Waals surface area (Å²) in [6.07, 6.45) is 4.66. The SMILES string of the molecule is CN(C)c1ccncc1NC1CCOc2ccccc21. The second-order valence-electron chi connectivity index (χ2n) is 5.16. The first-order chi connectivity index (χ1) is 9.75. The highest BCUT2D eigenvalue weighted by molar-refractivity contribution is 5.69. The number of nitrogens with zero attached hydrogens (tertiary/aromatic N) is 2. The predicted octanol–water partition coefficient (Wildman–Crippen LogP) is 3.08. The number of pyridine rings is 1. The molecular formula is C16H19N3O. The molecule has 1 unspecified atom stereocenters. The largest absolute Gasteiger partial charge is 0.493 e. The Labute approximate surface area is 119 Å². The summed E-state index contributed by atoms with van der Waals surface area (Å²) in [6, 6.07) is 10.5. The zero-order chi connectivity index (χ0) is 13.9. The molecule has 1 aliphatic rings. The van der Waals surface area contributed by atoms with Crippen LogP contribution < -0.4 is 15.0 Å². The smallest absolute Gasteiger partial charge is 0.124 e. The molecule has 1 atom stereocenters. The molecule has 2 aromatic rings. The molecule has 4 heteroatoms. The van der Waals surface area contributed by atoms with E-state index in [4.69, 9.17) is 4.74 Å². The Hall–Kier alpha value is -2.23. The molecule has 1 N–H and O–H groups in total. The molecule has 0 amide bonds. The Balaban J connectivity index is 1.90. The van der Waals surface area contributed by atoms with Crippen molar-refractivity contribution in [1.82, 2.24) is 4.98 Å². The molecule has 0 radical (unpaired) electrons. The lowest BCUT2D eigenvalue weighted by atomic mass is 10.0. The van der Waals surface area contributed by atoms with Crippen LogP contribution in [-0.4, -0.2) is 25.7 Å². The van der Waals surface area contributed by atoms with E-state index < -0.39 is 0 Å². The predicted molar refractivity (Wildman–Crippen MR) is 81.5 cm³/mol. The number of hydrogen-bond acceptors (Lipinski definition) is 4. The van der Waals surface area contributed by atoms with E-state index in [-0.39, 0.29) is 6.04 Å². The highest BCUT2D eigenvalue weighted by Crippen LogP contribution is 2.35. The summed E-state index contributed by atoms with van der Waals surface area (Å²) in [5.41, 5.74) is 3.41. The maximum Gasteiger partial charge on any atom is 0.124 e. The van der Waals surface area contributed by atoms with Gasteiger partial charge in [0, 0.05) is 32.3 Å². The molecule has 0 bridgehead atoms. The van der Waals surface area contributed by atoms with Gasteiger partial charge in [0.05, 0.1) is 30.2 Å². The quantitative estimate of drug-likeness (QED) is 0.929. The second-order valence-corrected chi connectivity index (χ2v) is 5.16. The van der Waals surface area contributed by atoms with Crippen LogP contribution in [0, 0.1) is 0 Å². The van der Waals surface area contributed by atoms with Crippen LogP contribution in [0.3, 0.4) is 0 Å². The fourth-order valence-electron chi connectivity index (χ4n) is 2.57. The number of aromatic nitrogens is 1. The summed E-state index contributed by atoms with van der Waals surface area (Å²) < 4.78 is 5.70. The topological polar surface area (TPSA) is 37.4 Å². The Morgan fingerprint density at radius 1 is 1.25 bits per heavy atom. The molecule has 2 heterocycles. The van der Waals surface area contributed by atoms with Gasteiger partial charge in [-0.15, -0.1) is 0 Å². The van der Waals surface area contributed by atoms with E-state index >= 15 is 0 Å². The van der Waals surface area contributed by atoms with Crippen molar-refractivity contribution in [3.8, 4) is 5.75 Å². The van der Waals surface area contributed by atoms with Gasteiger partial charge in [-0.3, -0.25) is 4.98 Å². The number of nitrogens with one attached hydrogen (secondary N) is 1. The van der Waals surface area contributed by atoms with Gasteiger partial charge in [0.15, 0.2) is 0 Å². The molecule has 3 rings (SSSR count). The summed E-state index contributed by atoms with van der Waals surface area (Å²) >= 11 is 0. The molecule has 1 aromatic carbocycles. The third kappa shape index (κ3) is 2.41. The van der Waals surface area contributed by atoms with Crippen molar-refractivity contribution in [2.45, 2.75) is 12.5 Å². The van der Waals surface area contributed by atoms with E-state index in [0.29, 0.717) is 0 Å². The number of ether oxygens (including phenoxy) is 1. The molecule has 0 fully saturated rings. The highest BCUT2D eigenvalue weighted by atomic mass is 16.5. The normalized spacial score (nSPS) is 17.0. The van der Waals surface area contributed by atoms with Crippen molar-refractivity contribution in [2.24, 2.45) is 0 Å². The van der Waals surface area contributed by atoms with Crippen LogP contribution in [0.5, 0.6) is 5.75 Å². The van der Waals surface area contributed by atoms with Gasteiger partial charge in [0.25, 0.3) is 0 Å². The van der Waals surface area contributed by atoms with E-state index in [1.807, 2.05) is 44.7 Å². The lowest BCUT2D eigenvalue weighted by Gasteiger charge is -2.29. The molecule has 1 aliphatic heterocycles. The van der Waals surface area contributed by atoms with E-state index in [9.17, 15) is 0 Å². The molecule has 1 aromatic heterocycles. The molecule has 0 saturated heterocycles. The summed E-state index contributed by atoms with van der Waals surface area (Å²) in [5.74, 6) is 0.978. The van der Waals surface area contributed by atoms with Crippen LogP contribution in [0.15, 0.2) is 42.7 Å². The number of rotatable bonds is 3. The van der Waals surface area contributed by atoms with Crippen LogP contribution in [0.1, 0.15) is 18.0 Å². The third-order valence-electron chi connectivity index (χ3n) is 3.57. The minimum atomic E-state index is 0.267. The lowest BCUT2D eigenvalue weighted by molar-refractivity contribution is 0.274. The average Bonchev–Trinajstić information content (AvgIpc) is 2.48. The van der Waals surface area contributed by atoms with Crippen molar-refractivity contribution >= 4 is 11.4 Å². The van der Waals surface area contributed by atoms with Gasteiger partial charge in [-0.25, -0.2) is 0 Å². The molecule has 0 saturated carbocycles. The molecule has 0 spiro atoms. The first-order valence-electron chi connectivity index (χ1n) is 6.85. The second kappa shape index (κ2) is 5.41. The van der Waals surface area contributed by atoms with Crippen molar-refractivity contribution in [1.29, 1.82) is 0 Å². The molecule has 20 heavy (non-hydrogen) atoms. The summed E-state index contributed by atoms with van der Waals surface area (Å²) in [7, 11) is 4.08. The standard InChI is InChI=1S/C16H19N3O/c1-19(2)15-7-9-17-11-14(15)18-13-8-10-20-16-6-4-3-5-12(13)16/h3-7,9,11,13,18H,8,10H2,1-2H3. The Bertz CT molecular complexity index is 598. The van der Waals surface area contributed by atoms with Crippen LogP contribution in [0.2, 0.25) is 0 Å². The Morgan fingerprint density at radius 2 is 2.10 bits per heavy atom. The van der Waals surface area contributed by atoms with Gasteiger partial charge in [0.1, 0.15) is 5.75 Å². The number of hydrogen-bond donors (Lipinski definition) is 1. The van der Waals surface area contributed by atoms with Crippen LogP contribution in [-0.2, 0) is 0 Å². The van der Waals surface area contributed by atoms with Crippen molar-refractivity contribution in [2.75, 3.05) is 30.9 Å². The van der Waals surface area contributed by atoms with Gasteiger partial charge in [-0.1, -0.05) is 18.2 Å². The van der Waals surface area contributed by atoms with E-state index in [1.165, 1.54) is 5.56 Å². The fraction of sp³-hybridized carbons (Fsp3) is 0.312. The van der Waals surface area contributed by atoms with E-state index in [0.717, 1.165) is 30.2 Å². The Kier molecular flexibility index (Phi) is 3.46. The Morgan fingerprint density at radius 3 is 2.95 bits per heavy atom. The van der Waals surface area contributed by atoms with Crippen LogP contribution >= 0.6 is 0 Å². The lowest BCUT2D eigenvalue weighted by Crippen LogP contribution is -2.21. The summed E-state index contributed by atoms with van der Waals surface area (Å²) in [5, 5.41) is 3.60. The average molecular weight is 269 g/mol. The number of para-hydroxylation sites is 1. The van der Waals surface area contributed by atoms with E-state index in [1.54, 1.807) is 0 Å². The minimum absolute atomic E-state index is 0.267. The fourth-order valence-corrected chi connectivity index (χ4v) is 2.57. The molecule has 4 nitrogen and oxygen atoms in total. The summed E-state index contributed by atoms with van der Waals surface area (Å²) in [4.78, 5) is 6.32. The van der Waals surface area contributed by atoms with Crippen LogP contribution in [0.25, 0.3) is 0 Å². The van der Waals surface area contributed by atoms with Crippen molar-refractivity contribution < 1.29 is 4.74 Å². The monoisotopic (exact) mass is 269 g/mol. The van der Waals surface area contributed by atoms with Crippen molar-refractivity contribution in [3.05, 3.63) is 48.3 Å². The molecule has 0 aliphatic carbocycles. The number of anilines is 2. The van der Waals surface area contributed by atoms with Gasteiger partial charge in [-0.2, -0.15) is 0 Å². The van der Waals surface area contributed by atoms with Crippen molar-refractivity contribution in [3.63, 3.8) is 0 Å².